The molecule has 0 aliphatic rings. The maximum absolute atomic E-state index is 12.2. The molecule has 1 aromatic rings. The lowest BCUT2D eigenvalue weighted by atomic mass is 10.1. The molecule has 1 atom stereocenters. The van der Waals surface area contributed by atoms with E-state index in [-0.39, 0.29) is 18.6 Å². The molecule has 0 aromatic heterocycles. The summed E-state index contributed by atoms with van der Waals surface area (Å²) in [5, 5.41) is 11.9. The van der Waals surface area contributed by atoms with Crippen LogP contribution in [0, 0.1) is 0 Å². The van der Waals surface area contributed by atoms with E-state index in [9.17, 15) is 4.79 Å². The molecule has 1 amide bonds. The Morgan fingerprint density at radius 3 is 2.58 bits per heavy atom. The number of hydrogen-bond acceptors (Lipinski definition) is 4. The van der Waals surface area contributed by atoms with Crippen LogP contribution in [0.1, 0.15) is 23.7 Å². The average Bonchev–Trinajstić information content (AvgIpc) is 2.43. The van der Waals surface area contributed by atoms with Gasteiger partial charge in [-0.3, -0.25) is 4.79 Å². The molecule has 1 aromatic carbocycles. The second-order valence-electron chi connectivity index (χ2n) is 3.95. The van der Waals surface area contributed by atoms with E-state index in [1.54, 1.807) is 12.1 Å². The summed E-state index contributed by atoms with van der Waals surface area (Å²) in [4.78, 5) is 12.2. The van der Waals surface area contributed by atoms with Gasteiger partial charge < -0.3 is 19.9 Å². The molecule has 6 heteroatoms. The third kappa shape index (κ3) is 3.84. The predicted molar refractivity (Wildman–Crippen MR) is 75.9 cm³/mol. The van der Waals surface area contributed by atoms with Crippen molar-refractivity contribution < 1.29 is 19.4 Å². The molecule has 2 N–H and O–H groups in total. The molecule has 0 radical (unpaired) electrons. The first-order valence-electron chi connectivity index (χ1n) is 5.90. The molecule has 5 nitrogen and oxygen atoms in total. The number of nitrogens with one attached hydrogen (secondary N) is 1. The first kappa shape index (κ1) is 15.8. The molecule has 1 rings (SSSR count). The zero-order valence-corrected chi connectivity index (χ0v) is 12.8. The van der Waals surface area contributed by atoms with E-state index in [0.29, 0.717) is 28.0 Å². The lowest BCUT2D eigenvalue weighted by Gasteiger charge is -2.17. The third-order valence-corrected chi connectivity index (χ3v) is 3.34. The molecular weight excluding hydrogens is 314 g/mol. The summed E-state index contributed by atoms with van der Waals surface area (Å²) in [6, 6.07) is 3.05. The van der Waals surface area contributed by atoms with E-state index >= 15 is 0 Å². The first-order chi connectivity index (χ1) is 9.07. The summed E-state index contributed by atoms with van der Waals surface area (Å²) in [5.41, 5.74) is 0.362. The van der Waals surface area contributed by atoms with Gasteiger partial charge in [-0.25, -0.2) is 0 Å². The fourth-order valence-electron chi connectivity index (χ4n) is 1.60. The summed E-state index contributed by atoms with van der Waals surface area (Å²) in [6.07, 6.45) is 0.649. The molecule has 0 unspecified atom stereocenters. The highest BCUT2D eigenvalue weighted by molar-refractivity contribution is 9.10. The van der Waals surface area contributed by atoms with Crippen molar-refractivity contribution in [3.05, 3.63) is 22.2 Å². The van der Waals surface area contributed by atoms with Crippen LogP contribution in [0.5, 0.6) is 11.5 Å². The van der Waals surface area contributed by atoms with Crippen LogP contribution in [0.4, 0.5) is 0 Å². The summed E-state index contributed by atoms with van der Waals surface area (Å²) >= 11 is 3.33. The van der Waals surface area contributed by atoms with Crippen LogP contribution in [0.15, 0.2) is 16.6 Å². The van der Waals surface area contributed by atoms with Crippen LogP contribution in [0.3, 0.4) is 0 Å². The fourth-order valence-corrected chi connectivity index (χ4v) is 2.20. The number of amides is 1. The van der Waals surface area contributed by atoms with Gasteiger partial charge in [0.15, 0.2) is 0 Å². The summed E-state index contributed by atoms with van der Waals surface area (Å²) in [5.74, 6) is 0.679. The van der Waals surface area contributed by atoms with Gasteiger partial charge in [-0.15, -0.1) is 0 Å². The van der Waals surface area contributed by atoms with Gasteiger partial charge in [0.05, 0.1) is 36.9 Å². The van der Waals surface area contributed by atoms with Gasteiger partial charge in [-0.1, -0.05) is 6.92 Å². The SMILES string of the molecule is CC[C@@H](CO)NC(=O)c1cc(OC)cc(Br)c1OC. The number of methoxy groups -OCH3 is 2. The number of benzene rings is 1. The largest absolute Gasteiger partial charge is 0.497 e. The molecule has 0 bridgehead atoms. The average molecular weight is 332 g/mol. The van der Waals surface area contributed by atoms with Gasteiger partial charge in [0.2, 0.25) is 0 Å². The highest BCUT2D eigenvalue weighted by Gasteiger charge is 2.19. The molecule has 0 heterocycles. The van der Waals surface area contributed by atoms with Gasteiger partial charge >= 0.3 is 0 Å². The van der Waals surface area contributed by atoms with Crippen molar-refractivity contribution in [2.45, 2.75) is 19.4 Å². The van der Waals surface area contributed by atoms with Crippen molar-refractivity contribution in [1.29, 1.82) is 0 Å². The number of halogens is 1. The van der Waals surface area contributed by atoms with Gasteiger partial charge in [-0.05, 0) is 34.5 Å². The van der Waals surface area contributed by atoms with Crippen molar-refractivity contribution in [2.75, 3.05) is 20.8 Å². The minimum atomic E-state index is -0.308. The van der Waals surface area contributed by atoms with E-state index in [2.05, 4.69) is 21.2 Å². The molecule has 0 saturated heterocycles. The smallest absolute Gasteiger partial charge is 0.255 e. The molecule has 0 fully saturated rings. The van der Waals surface area contributed by atoms with Gasteiger partial charge in [0.1, 0.15) is 11.5 Å². The van der Waals surface area contributed by atoms with E-state index in [1.165, 1.54) is 14.2 Å². The number of aliphatic hydroxyl groups is 1. The van der Waals surface area contributed by atoms with Crippen LogP contribution < -0.4 is 14.8 Å². The number of rotatable bonds is 6. The van der Waals surface area contributed by atoms with Crippen LogP contribution in [0.2, 0.25) is 0 Å². The van der Waals surface area contributed by atoms with E-state index in [0.717, 1.165) is 0 Å². The topological polar surface area (TPSA) is 67.8 Å². The van der Waals surface area contributed by atoms with Crippen molar-refractivity contribution in [3.8, 4) is 11.5 Å². The van der Waals surface area contributed by atoms with Gasteiger partial charge in [0, 0.05) is 0 Å². The summed E-state index contributed by atoms with van der Waals surface area (Å²) < 4.78 is 11.0. The number of ether oxygens (including phenoxy) is 2. The van der Waals surface area contributed by atoms with E-state index in [1.807, 2.05) is 6.92 Å². The molecule has 0 aliphatic carbocycles. The Balaban J connectivity index is 3.09. The number of carbonyl (C=O) groups is 1. The van der Waals surface area contributed by atoms with Crippen molar-refractivity contribution in [1.82, 2.24) is 5.32 Å². The van der Waals surface area contributed by atoms with Crippen molar-refractivity contribution in [2.24, 2.45) is 0 Å². The van der Waals surface area contributed by atoms with Crippen LogP contribution >= 0.6 is 15.9 Å². The van der Waals surface area contributed by atoms with Gasteiger partial charge in [0.25, 0.3) is 5.91 Å². The minimum absolute atomic E-state index is 0.101. The highest BCUT2D eigenvalue weighted by Crippen LogP contribution is 2.33. The molecule has 106 valence electrons. The third-order valence-electron chi connectivity index (χ3n) is 2.75. The number of aliphatic hydroxyl groups excluding tert-OH is 1. The van der Waals surface area contributed by atoms with E-state index in [4.69, 9.17) is 14.6 Å². The molecule has 0 saturated carbocycles. The maximum Gasteiger partial charge on any atom is 0.255 e. The molecular formula is C13H18BrNO4. The Hall–Kier alpha value is -1.27. The summed E-state index contributed by atoms with van der Waals surface area (Å²) in [6.45, 7) is 1.79. The Labute approximate surface area is 121 Å². The molecule has 0 aliphatic heterocycles. The summed E-state index contributed by atoms with van der Waals surface area (Å²) in [7, 11) is 3.02. The lowest BCUT2D eigenvalue weighted by Crippen LogP contribution is -2.37. The van der Waals surface area contributed by atoms with E-state index < -0.39 is 0 Å². The van der Waals surface area contributed by atoms with Crippen LogP contribution in [-0.2, 0) is 0 Å². The number of carbonyl (C=O) groups excluding carboxylic acids is 1. The minimum Gasteiger partial charge on any atom is -0.497 e. The monoisotopic (exact) mass is 331 g/mol. The quantitative estimate of drug-likeness (QED) is 0.836. The van der Waals surface area contributed by atoms with Crippen molar-refractivity contribution in [3.63, 3.8) is 0 Å². The number of hydrogen-bond donors (Lipinski definition) is 2. The van der Waals surface area contributed by atoms with Gasteiger partial charge in [-0.2, -0.15) is 0 Å². The normalized spacial score (nSPS) is 11.8. The molecule has 0 spiro atoms. The Morgan fingerprint density at radius 1 is 1.42 bits per heavy atom. The standard InChI is InChI=1S/C13H18BrNO4/c1-4-8(7-16)15-13(17)10-5-9(18-2)6-11(14)12(10)19-3/h5-6,8,16H,4,7H2,1-3H3,(H,15,17)/t8-/m0/s1. The van der Waals surface area contributed by atoms with Crippen molar-refractivity contribution >= 4 is 21.8 Å². The zero-order valence-electron chi connectivity index (χ0n) is 11.2. The predicted octanol–water partition coefficient (Wildman–Crippen LogP) is 1.97. The Kier molecular flexibility index (Phi) is 6.11. The Bertz CT molecular complexity index is 447. The fraction of sp³-hybridized carbons (Fsp3) is 0.462. The van der Waals surface area contributed by atoms with Crippen LogP contribution in [0.25, 0.3) is 0 Å². The second kappa shape index (κ2) is 7.35. The second-order valence-corrected chi connectivity index (χ2v) is 4.81. The van der Waals surface area contributed by atoms with Crippen LogP contribution in [-0.4, -0.2) is 37.9 Å². The first-order valence-corrected chi connectivity index (χ1v) is 6.69. The molecule has 19 heavy (non-hydrogen) atoms. The zero-order chi connectivity index (χ0) is 14.4. The Morgan fingerprint density at radius 2 is 2.11 bits per heavy atom. The maximum atomic E-state index is 12.2. The lowest BCUT2D eigenvalue weighted by molar-refractivity contribution is 0.0911. The highest BCUT2D eigenvalue weighted by atomic mass is 79.9.